The molecule has 8 heteroatoms. The summed E-state index contributed by atoms with van der Waals surface area (Å²) < 4.78 is 28.2. The first-order chi connectivity index (χ1) is 13.9. The topological polar surface area (TPSA) is 100 Å². The quantitative estimate of drug-likeness (QED) is 0.672. The number of carbonyl (C=O) groups is 1. The summed E-state index contributed by atoms with van der Waals surface area (Å²) in [6.07, 6.45) is 9.20. The third-order valence-corrected chi connectivity index (χ3v) is 7.07. The minimum Gasteiger partial charge on any atom is -0.388 e. The van der Waals surface area contributed by atoms with Gasteiger partial charge in [-0.3, -0.25) is 0 Å². The van der Waals surface area contributed by atoms with Gasteiger partial charge < -0.3 is 10.4 Å². The van der Waals surface area contributed by atoms with Crippen molar-refractivity contribution >= 4 is 21.9 Å². The molecule has 1 aromatic heterocycles. The molecular weight excluding hydrogens is 390 g/mol. The number of benzene rings is 1. The highest BCUT2D eigenvalue weighted by Crippen LogP contribution is 2.38. The van der Waals surface area contributed by atoms with Crippen molar-refractivity contribution in [1.29, 1.82) is 0 Å². The van der Waals surface area contributed by atoms with Crippen LogP contribution in [0.2, 0.25) is 0 Å². The zero-order chi connectivity index (χ0) is 20.6. The number of anilines is 1. The molecule has 0 bridgehead atoms. The Labute approximate surface area is 171 Å². The molecule has 2 aliphatic carbocycles. The van der Waals surface area contributed by atoms with Crippen molar-refractivity contribution in [3.63, 3.8) is 0 Å². The first-order valence-corrected chi connectivity index (χ1v) is 11.7. The average Bonchev–Trinajstić information content (AvgIpc) is 3.41. The lowest BCUT2D eigenvalue weighted by Crippen LogP contribution is -2.38. The van der Waals surface area contributed by atoms with Crippen LogP contribution >= 0.6 is 0 Å². The summed E-state index contributed by atoms with van der Waals surface area (Å²) in [7, 11) is -4.09. The molecule has 2 amide bonds. The summed E-state index contributed by atoms with van der Waals surface area (Å²) in [5, 5.41) is 12.9. The fraction of sp³-hybridized carbons (Fsp3) is 0.476. The molecule has 1 atom stereocenters. The van der Waals surface area contributed by atoms with Crippen LogP contribution in [0.25, 0.3) is 0 Å². The number of carbonyl (C=O) groups excluding carboxylic acids is 1. The molecule has 0 saturated carbocycles. The van der Waals surface area contributed by atoms with Crippen molar-refractivity contribution in [1.82, 2.24) is 8.69 Å². The maximum atomic E-state index is 12.6. The predicted octanol–water partition coefficient (Wildman–Crippen LogP) is 3.21. The number of urea groups is 1. The molecule has 1 aromatic carbocycles. The maximum Gasteiger partial charge on any atom is 0.334 e. The number of aliphatic hydroxyl groups excluding tert-OH is 1. The van der Waals surface area contributed by atoms with Gasteiger partial charge in [-0.15, -0.1) is 0 Å². The van der Waals surface area contributed by atoms with Crippen LogP contribution in [0.15, 0.2) is 24.5 Å². The monoisotopic (exact) mass is 417 g/mol. The van der Waals surface area contributed by atoms with Crippen molar-refractivity contribution < 1.29 is 18.3 Å². The second kappa shape index (κ2) is 7.84. The van der Waals surface area contributed by atoms with E-state index >= 15 is 0 Å². The standard InChI is InChI=1S/C21H27N3O4S/c1-2-5-19(25)16-10-11-24(13-16)29(27,28)23-21(26)22-20-17-8-3-6-14(17)12-15-7-4-9-18(15)20/h10-13,19,25H,2-9H2,1H3,(H2,22,23,26). The van der Waals surface area contributed by atoms with Gasteiger partial charge in [-0.05, 0) is 78.8 Å². The highest BCUT2D eigenvalue weighted by atomic mass is 32.2. The van der Waals surface area contributed by atoms with E-state index < -0.39 is 22.3 Å². The summed E-state index contributed by atoms with van der Waals surface area (Å²) in [5.41, 5.74) is 6.13. The van der Waals surface area contributed by atoms with Crippen LogP contribution in [0, 0.1) is 0 Å². The fourth-order valence-electron chi connectivity index (χ4n) is 4.46. The molecule has 0 fully saturated rings. The van der Waals surface area contributed by atoms with Crippen LogP contribution in [0.4, 0.5) is 10.5 Å². The Hall–Kier alpha value is -2.32. The van der Waals surface area contributed by atoms with E-state index in [0.29, 0.717) is 12.0 Å². The van der Waals surface area contributed by atoms with Gasteiger partial charge in [-0.2, -0.15) is 8.42 Å². The van der Waals surface area contributed by atoms with E-state index in [1.54, 1.807) is 6.07 Å². The number of aliphatic hydroxyl groups is 1. The van der Waals surface area contributed by atoms with Crippen LogP contribution in [0.5, 0.6) is 0 Å². The lowest BCUT2D eigenvalue weighted by molar-refractivity contribution is 0.166. The Morgan fingerprint density at radius 3 is 2.45 bits per heavy atom. The minimum absolute atomic E-state index is 0.510. The summed E-state index contributed by atoms with van der Waals surface area (Å²) in [5.74, 6) is 0. The summed E-state index contributed by atoms with van der Waals surface area (Å²) in [4.78, 5) is 12.6. The van der Waals surface area contributed by atoms with Crippen LogP contribution in [0.1, 0.15) is 66.5 Å². The highest BCUT2D eigenvalue weighted by molar-refractivity contribution is 7.88. The van der Waals surface area contributed by atoms with Crippen molar-refractivity contribution in [3.05, 3.63) is 52.3 Å². The van der Waals surface area contributed by atoms with Crippen LogP contribution in [0.3, 0.4) is 0 Å². The van der Waals surface area contributed by atoms with Crippen molar-refractivity contribution in [3.8, 4) is 0 Å². The number of fused-ring (bicyclic) bond motifs is 2. The van der Waals surface area contributed by atoms with Gasteiger partial charge in [0.25, 0.3) is 0 Å². The number of hydrogen-bond acceptors (Lipinski definition) is 4. The lowest BCUT2D eigenvalue weighted by Gasteiger charge is -2.16. The number of nitrogens with zero attached hydrogens (tertiary/aromatic N) is 1. The van der Waals surface area contributed by atoms with E-state index in [-0.39, 0.29) is 0 Å². The normalized spacial score (nSPS) is 16.3. The number of aryl methyl sites for hydroxylation is 2. The molecule has 3 N–H and O–H groups in total. The highest BCUT2D eigenvalue weighted by Gasteiger charge is 2.26. The van der Waals surface area contributed by atoms with E-state index in [1.165, 1.54) is 23.5 Å². The van der Waals surface area contributed by atoms with Gasteiger partial charge in [0.1, 0.15) is 0 Å². The van der Waals surface area contributed by atoms with Gasteiger partial charge in [0.15, 0.2) is 0 Å². The van der Waals surface area contributed by atoms with E-state index in [9.17, 15) is 18.3 Å². The van der Waals surface area contributed by atoms with Gasteiger partial charge in [0, 0.05) is 18.1 Å². The van der Waals surface area contributed by atoms with Crippen molar-refractivity contribution in [2.75, 3.05) is 5.32 Å². The zero-order valence-electron chi connectivity index (χ0n) is 16.6. The van der Waals surface area contributed by atoms with Gasteiger partial charge >= 0.3 is 16.2 Å². The van der Waals surface area contributed by atoms with Crippen LogP contribution < -0.4 is 10.0 Å². The smallest absolute Gasteiger partial charge is 0.334 e. The van der Waals surface area contributed by atoms with Gasteiger partial charge in [0.2, 0.25) is 0 Å². The Kier molecular flexibility index (Phi) is 5.40. The molecule has 4 rings (SSSR count). The van der Waals surface area contributed by atoms with Gasteiger partial charge in [0.05, 0.1) is 6.10 Å². The number of aromatic nitrogens is 1. The molecule has 29 heavy (non-hydrogen) atoms. The Morgan fingerprint density at radius 1 is 1.17 bits per heavy atom. The largest absolute Gasteiger partial charge is 0.388 e. The zero-order valence-corrected chi connectivity index (χ0v) is 17.4. The van der Waals surface area contributed by atoms with Crippen molar-refractivity contribution in [2.24, 2.45) is 0 Å². The molecule has 2 aliphatic rings. The number of hydrogen-bond donors (Lipinski definition) is 3. The van der Waals surface area contributed by atoms with Gasteiger partial charge in [-0.1, -0.05) is 19.4 Å². The summed E-state index contributed by atoms with van der Waals surface area (Å²) in [6, 6.07) is 3.05. The molecule has 0 spiro atoms. The molecule has 0 radical (unpaired) electrons. The molecule has 0 aliphatic heterocycles. The third kappa shape index (κ3) is 3.91. The van der Waals surface area contributed by atoms with Crippen LogP contribution in [-0.2, 0) is 35.9 Å². The van der Waals surface area contributed by atoms with Gasteiger partial charge in [-0.25, -0.2) is 13.5 Å². The second-order valence-electron chi connectivity index (χ2n) is 7.87. The molecule has 2 aromatic rings. The third-order valence-electron chi connectivity index (χ3n) is 5.85. The van der Waals surface area contributed by atoms with E-state index in [0.717, 1.165) is 65.7 Å². The summed E-state index contributed by atoms with van der Waals surface area (Å²) in [6.45, 7) is 1.94. The van der Waals surface area contributed by atoms with E-state index in [1.807, 2.05) is 6.92 Å². The Balaban J connectivity index is 1.52. The van der Waals surface area contributed by atoms with Crippen molar-refractivity contribution in [2.45, 2.75) is 64.4 Å². The fourth-order valence-corrected chi connectivity index (χ4v) is 5.33. The number of amides is 2. The number of nitrogens with one attached hydrogen (secondary N) is 2. The predicted molar refractivity (Wildman–Crippen MR) is 111 cm³/mol. The van der Waals surface area contributed by atoms with E-state index in [4.69, 9.17) is 0 Å². The first kappa shape index (κ1) is 20.0. The SMILES string of the molecule is CCCC(O)c1ccn(S(=O)(=O)NC(=O)Nc2c3c(cc4c2CCC4)CCC3)c1. The number of rotatable bonds is 6. The summed E-state index contributed by atoms with van der Waals surface area (Å²) >= 11 is 0. The molecular formula is C21H27N3O4S. The second-order valence-corrected chi connectivity index (χ2v) is 9.45. The Bertz CT molecular complexity index is 1010. The Morgan fingerprint density at radius 2 is 1.83 bits per heavy atom. The minimum atomic E-state index is -4.09. The molecule has 1 heterocycles. The van der Waals surface area contributed by atoms with E-state index in [2.05, 4.69) is 16.1 Å². The van der Waals surface area contributed by atoms with Crippen LogP contribution in [-0.4, -0.2) is 23.5 Å². The molecule has 7 nitrogen and oxygen atoms in total. The lowest BCUT2D eigenvalue weighted by atomic mass is 9.99. The molecule has 156 valence electrons. The molecule has 0 saturated heterocycles. The first-order valence-electron chi connectivity index (χ1n) is 10.3. The maximum absolute atomic E-state index is 12.6. The molecule has 1 unspecified atom stereocenters. The average molecular weight is 418 g/mol.